The first-order valence-electron chi connectivity index (χ1n) is 6.03. The Morgan fingerprint density at radius 3 is 2.82 bits per heavy atom. The Morgan fingerprint density at radius 2 is 2.24 bits per heavy atom. The molecule has 0 bridgehead atoms. The fourth-order valence-electron chi connectivity index (χ4n) is 1.79. The number of anilines is 1. The standard InChI is InChI=1S/C14H20N2O/c1-4-5-11(2)10-16-13-7-6-12(9-15)8-14(13)17-3/h6-8,11,16H,4-5,10H2,1-3H3. The molecule has 0 spiro atoms. The molecule has 1 rings (SSSR count). The zero-order chi connectivity index (χ0) is 12.7. The predicted octanol–water partition coefficient (Wildman–Crippen LogP) is 3.41. The van der Waals surface area contributed by atoms with Crippen LogP contribution in [-0.4, -0.2) is 13.7 Å². The Balaban J connectivity index is 2.68. The number of rotatable bonds is 6. The van der Waals surface area contributed by atoms with Crippen LogP contribution < -0.4 is 10.1 Å². The fraction of sp³-hybridized carbons (Fsp3) is 0.500. The van der Waals surface area contributed by atoms with Gasteiger partial charge < -0.3 is 10.1 Å². The minimum Gasteiger partial charge on any atom is -0.495 e. The highest BCUT2D eigenvalue weighted by Crippen LogP contribution is 2.25. The van der Waals surface area contributed by atoms with Crippen LogP contribution in [-0.2, 0) is 0 Å². The maximum atomic E-state index is 8.81. The largest absolute Gasteiger partial charge is 0.495 e. The molecule has 3 nitrogen and oxygen atoms in total. The highest BCUT2D eigenvalue weighted by molar-refractivity contribution is 5.59. The smallest absolute Gasteiger partial charge is 0.143 e. The molecule has 0 saturated carbocycles. The van der Waals surface area contributed by atoms with Gasteiger partial charge >= 0.3 is 0 Å². The third kappa shape index (κ3) is 3.99. The van der Waals surface area contributed by atoms with E-state index >= 15 is 0 Å². The molecule has 92 valence electrons. The lowest BCUT2D eigenvalue weighted by Crippen LogP contribution is -2.11. The summed E-state index contributed by atoms with van der Waals surface area (Å²) in [6.45, 7) is 5.35. The second kappa shape index (κ2) is 6.80. The zero-order valence-corrected chi connectivity index (χ0v) is 10.8. The van der Waals surface area contributed by atoms with Crippen molar-refractivity contribution < 1.29 is 4.74 Å². The average molecular weight is 232 g/mol. The summed E-state index contributed by atoms with van der Waals surface area (Å²) < 4.78 is 5.27. The van der Waals surface area contributed by atoms with E-state index in [9.17, 15) is 0 Å². The Labute approximate surface area is 103 Å². The molecule has 0 fully saturated rings. The number of hydrogen-bond acceptors (Lipinski definition) is 3. The number of benzene rings is 1. The van der Waals surface area contributed by atoms with Crippen LogP contribution in [0.15, 0.2) is 18.2 Å². The highest BCUT2D eigenvalue weighted by atomic mass is 16.5. The molecule has 1 aromatic rings. The van der Waals surface area contributed by atoms with Gasteiger partial charge in [0.15, 0.2) is 0 Å². The molecule has 1 atom stereocenters. The van der Waals surface area contributed by atoms with Crippen molar-refractivity contribution in [3.8, 4) is 11.8 Å². The van der Waals surface area contributed by atoms with Crippen LogP contribution in [0.25, 0.3) is 0 Å². The Hall–Kier alpha value is -1.69. The van der Waals surface area contributed by atoms with Crippen molar-refractivity contribution in [2.75, 3.05) is 19.0 Å². The van der Waals surface area contributed by atoms with Crippen molar-refractivity contribution in [1.82, 2.24) is 0 Å². The molecule has 0 aliphatic heterocycles. The maximum absolute atomic E-state index is 8.81. The summed E-state index contributed by atoms with van der Waals surface area (Å²) >= 11 is 0. The SMILES string of the molecule is CCCC(C)CNc1ccc(C#N)cc1OC. The Kier molecular flexibility index (Phi) is 5.35. The van der Waals surface area contributed by atoms with E-state index in [0.717, 1.165) is 18.0 Å². The summed E-state index contributed by atoms with van der Waals surface area (Å²) in [6, 6.07) is 7.56. The summed E-state index contributed by atoms with van der Waals surface area (Å²) in [5.41, 5.74) is 1.57. The maximum Gasteiger partial charge on any atom is 0.143 e. The molecule has 0 saturated heterocycles. The van der Waals surface area contributed by atoms with Gasteiger partial charge in [0.05, 0.1) is 24.4 Å². The van der Waals surface area contributed by atoms with Crippen LogP contribution in [0.5, 0.6) is 5.75 Å². The molecule has 0 heterocycles. The molecule has 0 aliphatic rings. The van der Waals surface area contributed by atoms with Gasteiger partial charge in [-0.05, 0) is 24.5 Å². The molecule has 0 aromatic heterocycles. The first-order chi connectivity index (χ1) is 8.21. The third-order valence-electron chi connectivity index (χ3n) is 2.75. The molecule has 1 aromatic carbocycles. The number of ether oxygens (including phenoxy) is 1. The normalized spacial score (nSPS) is 11.6. The summed E-state index contributed by atoms with van der Waals surface area (Å²) in [7, 11) is 1.62. The predicted molar refractivity (Wildman–Crippen MR) is 70.3 cm³/mol. The quantitative estimate of drug-likeness (QED) is 0.817. The molecule has 0 amide bonds. The lowest BCUT2D eigenvalue weighted by Gasteiger charge is -2.15. The molecule has 17 heavy (non-hydrogen) atoms. The van der Waals surface area contributed by atoms with Gasteiger partial charge in [-0.3, -0.25) is 0 Å². The Bertz CT molecular complexity index is 396. The van der Waals surface area contributed by atoms with Crippen LogP contribution in [0.3, 0.4) is 0 Å². The summed E-state index contributed by atoms with van der Waals surface area (Å²) in [5.74, 6) is 1.37. The minimum atomic E-state index is 0.619. The van der Waals surface area contributed by atoms with E-state index in [4.69, 9.17) is 10.00 Å². The van der Waals surface area contributed by atoms with Crippen LogP contribution in [0, 0.1) is 17.2 Å². The number of hydrogen-bond donors (Lipinski definition) is 1. The van der Waals surface area contributed by atoms with Gasteiger partial charge in [0.25, 0.3) is 0 Å². The fourth-order valence-corrected chi connectivity index (χ4v) is 1.79. The van der Waals surface area contributed by atoms with E-state index in [2.05, 4.69) is 25.2 Å². The first-order valence-corrected chi connectivity index (χ1v) is 6.03. The molecule has 0 aliphatic carbocycles. The van der Waals surface area contributed by atoms with Crippen LogP contribution in [0.4, 0.5) is 5.69 Å². The van der Waals surface area contributed by atoms with E-state index in [1.165, 1.54) is 12.8 Å². The molecular formula is C14H20N2O. The van der Waals surface area contributed by atoms with Gasteiger partial charge in [-0.1, -0.05) is 20.3 Å². The van der Waals surface area contributed by atoms with Gasteiger partial charge in [0.1, 0.15) is 5.75 Å². The van der Waals surface area contributed by atoms with E-state index in [1.807, 2.05) is 6.07 Å². The molecule has 1 N–H and O–H groups in total. The van der Waals surface area contributed by atoms with E-state index in [1.54, 1.807) is 19.2 Å². The van der Waals surface area contributed by atoms with Gasteiger partial charge in [0, 0.05) is 12.6 Å². The van der Waals surface area contributed by atoms with Crippen molar-refractivity contribution in [2.45, 2.75) is 26.7 Å². The van der Waals surface area contributed by atoms with Gasteiger partial charge in [-0.25, -0.2) is 0 Å². The molecule has 1 unspecified atom stereocenters. The summed E-state index contributed by atoms with van der Waals surface area (Å²) in [4.78, 5) is 0. The van der Waals surface area contributed by atoms with Crippen molar-refractivity contribution in [3.05, 3.63) is 23.8 Å². The topological polar surface area (TPSA) is 45.0 Å². The molecular weight excluding hydrogens is 212 g/mol. The van der Waals surface area contributed by atoms with Gasteiger partial charge in [-0.2, -0.15) is 5.26 Å². The number of nitriles is 1. The van der Waals surface area contributed by atoms with Crippen molar-refractivity contribution >= 4 is 5.69 Å². The number of nitrogens with zero attached hydrogens (tertiary/aromatic N) is 1. The summed E-state index contributed by atoms with van der Waals surface area (Å²) in [5, 5.41) is 12.2. The van der Waals surface area contributed by atoms with Crippen LogP contribution in [0.2, 0.25) is 0 Å². The molecule has 0 radical (unpaired) electrons. The second-order valence-corrected chi connectivity index (χ2v) is 4.30. The number of methoxy groups -OCH3 is 1. The first kappa shape index (κ1) is 13.4. The van der Waals surface area contributed by atoms with Crippen LogP contribution in [0.1, 0.15) is 32.3 Å². The van der Waals surface area contributed by atoms with Crippen molar-refractivity contribution in [2.24, 2.45) is 5.92 Å². The lowest BCUT2D eigenvalue weighted by atomic mass is 10.1. The van der Waals surface area contributed by atoms with Crippen molar-refractivity contribution in [3.63, 3.8) is 0 Å². The second-order valence-electron chi connectivity index (χ2n) is 4.30. The van der Waals surface area contributed by atoms with Gasteiger partial charge in [-0.15, -0.1) is 0 Å². The van der Waals surface area contributed by atoms with Gasteiger partial charge in [0.2, 0.25) is 0 Å². The lowest BCUT2D eigenvalue weighted by molar-refractivity contribution is 0.416. The molecule has 3 heteroatoms. The monoisotopic (exact) mass is 232 g/mol. The van der Waals surface area contributed by atoms with E-state index < -0.39 is 0 Å². The van der Waals surface area contributed by atoms with Crippen LogP contribution >= 0.6 is 0 Å². The number of nitrogens with one attached hydrogen (secondary N) is 1. The minimum absolute atomic E-state index is 0.619. The average Bonchev–Trinajstić information content (AvgIpc) is 2.36. The van der Waals surface area contributed by atoms with E-state index in [-0.39, 0.29) is 0 Å². The van der Waals surface area contributed by atoms with E-state index in [0.29, 0.717) is 11.5 Å². The van der Waals surface area contributed by atoms with Crippen molar-refractivity contribution in [1.29, 1.82) is 5.26 Å². The third-order valence-corrected chi connectivity index (χ3v) is 2.75. The zero-order valence-electron chi connectivity index (χ0n) is 10.8. The Morgan fingerprint density at radius 1 is 1.47 bits per heavy atom. The summed E-state index contributed by atoms with van der Waals surface area (Å²) in [6.07, 6.45) is 2.42. The highest BCUT2D eigenvalue weighted by Gasteiger charge is 2.06.